The number of nitrogens with zero attached hydrogens (tertiary/aromatic N) is 1. The Labute approximate surface area is 105 Å². The molecule has 0 aliphatic heterocycles. The van der Waals surface area contributed by atoms with E-state index >= 15 is 0 Å². The van der Waals surface area contributed by atoms with E-state index in [1.165, 1.54) is 0 Å². The first-order valence-electron chi connectivity index (χ1n) is 5.57. The number of rotatable bonds is 5. The van der Waals surface area contributed by atoms with Crippen molar-refractivity contribution in [3.8, 4) is 5.75 Å². The zero-order valence-electron chi connectivity index (χ0n) is 10.3. The van der Waals surface area contributed by atoms with Gasteiger partial charge in [0.15, 0.2) is 0 Å². The third-order valence-electron chi connectivity index (χ3n) is 2.86. The molecule has 0 saturated heterocycles. The van der Waals surface area contributed by atoms with Gasteiger partial charge in [-0.05, 0) is 18.2 Å². The standard InChI is InChI=1S/C13H15NO4/c1-17-7-6-14-10-4-3-5-12(18-2)9(10)8-11(14)13(15)16/h3-5,8H,6-7H2,1-2H3,(H,15,16). The van der Waals surface area contributed by atoms with E-state index in [-0.39, 0.29) is 5.69 Å². The largest absolute Gasteiger partial charge is 0.496 e. The van der Waals surface area contributed by atoms with E-state index in [4.69, 9.17) is 9.47 Å². The lowest BCUT2D eigenvalue weighted by atomic mass is 10.2. The van der Waals surface area contributed by atoms with Gasteiger partial charge in [-0.25, -0.2) is 4.79 Å². The Bertz CT molecular complexity index is 574. The van der Waals surface area contributed by atoms with Crippen LogP contribution >= 0.6 is 0 Å². The van der Waals surface area contributed by atoms with Gasteiger partial charge in [0, 0.05) is 19.0 Å². The molecule has 1 heterocycles. The van der Waals surface area contributed by atoms with Crippen LogP contribution in [-0.4, -0.2) is 36.5 Å². The molecule has 0 atom stereocenters. The molecule has 1 aromatic carbocycles. The highest BCUT2D eigenvalue weighted by molar-refractivity contribution is 5.97. The summed E-state index contributed by atoms with van der Waals surface area (Å²) < 4.78 is 12.0. The third kappa shape index (κ3) is 2.04. The van der Waals surface area contributed by atoms with Gasteiger partial charge in [-0.15, -0.1) is 0 Å². The first kappa shape index (κ1) is 12.4. The number of benzene rings is 1. The Balaban J connectivity index is 2.63. The third-order valence-corrected chi connectivity index (χ3v) is 2.86. The smallest absolute Gasteiger partial charge is 0.352 e. The Morgan fingerprint density at radius 2 is 2.17 bits per heavy atom. The van der Waals surface area contributed by atoms with Crippen molar-refractivity contribution < 1.29 is 19.4 Å². The summed E-state index contributed by atoms with van der Waals surface area (Å²) in [5, 5.41) is 10.0. The Morgan fingerprint density at radius 3 is 2.78 bits per heavy atom. The molecule has 5 nitrogen and oxygen atoms in total. The summed E-state index contributed by atoms with van der Waals surface area (Å²) in [6.07, 6.45) is 0. The minimum absolute atomic E-state index is 0.242. The molecular weight excluding hydrogens is 234 g/mol. The minimum Gasteiger partial charge on any atom is -0.496 e. The highest BCUT2D eigenvalue weighted by atomic mass is 16.5. The summed E-state index contributed by atoms with van der Waals surface area (Å²) in [4.78, 5) is 11.3. The second-order valence-corrected chi connectivity index (χ2v) is 3.87. The van der Waals surface area contributed by atoms with Crippen molar-refractivity contribution >= 4 is 16.9 Å². The van der Waals surface area contributed by atoms with Crippen molar-refractivity contribution in [1.82, 2.24) is 4.57 Å². The van der Waals surface area contributed by atoms with Gasteiger partial charge in [0.25, 0.3) is 0 Å². The van der Waals surface area contributed by atoms with E-state index in [9.17, 15) is 9.90 Å². The van der Waals surface area contributed by atoms with Crippen LogP contribution in [0.5, 0.6) is 5.75 Å². The second-order valence-electron chi connectivity index (χ2n) is 3.87. The number of carbonyl (C=O) groups is 1. The average molecular weight is 249 g/mol. The average Bonchev–Trinajstić information content (AvgIpc) is 2.75. The summed E-state index contributed by atoms with van der Waals surface area (Å²) >= 11 is 0. The summed E-state index contributed by atoms with van der Waals surface area (Å²) in [5.41, 5.74) is 1.08. The molecule has 0 fully saturated rings. The van der Waals surface area contributed by atoms with Gasteiger partial charge in [0.2, 0.25) is 0 Å². The molecule has 0 amide bonds. The number of ether oxygens (including phenoxy) is 2. The van der Waals surface area contributed by atoms with Crippen LogP contribution in [0.4, 0.5) is 0 Å². The normalized spacial score (nSPS) is 10.8. The number of hydrogen-bond donors (Lipinski definition) is 1. The number of methoxy groups -OCH3 is 2. The number of aromatic carboxylic acids is 1. The fraction of sp³-hybridized carbons (Fsp3) is 0.308. The minimum atomic E-state index is -0.954. The van der Waals surface area contributed by atoms with Crippen molar-refractivity contribution in [3.63, 3.8) is 0 Å². The van der Waals surface area contributed by atoms with Crippen LogP contribution in [0.15, 0.2) is 24.3 Å². The summed E-state index contributed by atoms with van der Waals surface area (Å²) in [6.45, 7) is 0.954. The van der Waals surface area contributed by atoms with Crippen molar-refractivity contribution in [3.05, 3.63) is 30.0 Å². The number of fused-ring (bicyclic) bond motifs is 1. The fourth-order valence-corrected chi connectivity index (χ4v) is 2.04. The molecule has 96 valence electrons. The molecule has 0 bridgehead atoms. The molecule has 18 heavy (non-hydrogen) atoms. The maximum atomic E-state index is 11.3. The molecule has 1 aromatic heterocycles. The van der Waals surface area contributed by atoms with Crippen LogP contribution in [0.25, 0.3) is 10.9 Å². The molecule has 0 radical (unpaired) electrons. The van der Waals surface area contributed by atoms with Gasteiger partial charge in [-0.2, -0.15) is 0 Å². The lowest BCUT2D eigenvalue weighted by Crippen LogP contribution is -2.11. The van der Waals surface area contributed by atoms with Gasteiger partial charge in [0.1, 0.15) is 11.4 Å². The van der Waals surface area contributed by atoms with Crippen LogP contribution in [0.2, 0.25) is 0 Å². The van der Waals surface area contributed by atoms with Crippen LogP contribution in [0.1, 0.15) is 10.5 Å². The predicted octanol–water partition coefficient (Wildman–Crippen LogP) is 1.99. The molecule has 5 heteroatoms. The number of hydrogen-bond acceptors (Lipinski definition) is 3. The van der Waals surface area contributed by atoms with Crippen molar-refractivity contribution in [2.24, 2.45) is 0 Å². The SMILES string of the molecule is COCCn1c(C(=O)O)cc2c(OC)cccc21. The van der Waals surface area contributed by atoms with Crippen LogP contribution in [-0.2, 0) is 11.3 Å². The van der Waals surface area contributed by atoms with E-state index in [0.717, 1.165) is 10.9 Å². The van der Waals surface area contributed by atoms with Crippen LogP contribution in [0, 0.1) is 0 Å². The number of carboxylic acids is 1. The van der Waals surface area contributed by atoms with Crippen LogP contribution < -0.4 is 4.74 Å². The number of aromatic nitrogens is 1. The van der Waals surface area contributed by atoms with Gasteiger partial charge in [0.05, 0.1) is 19.2 Å². The van der Waals surface area contributed by atoms with E-state index in [1.54, 1.807) is 24.9 Å². The van der Waals surface area contributed by atoms with E-state index in [1.807, 2.05) is 18.2 Å². The van der Waals surface area contributed by atoms with Crippen molar-refractivity contribution in [2.75, 3.05) is 20.8 Å². The van der Waals surface area contributed by atoms with Crippen molar-refractivity contribution in [1.29, 1.82) is 0 Å². The van der Waals surface area contributed by atoms with E-state index in [0.29, 0.717) is 18.9 Å². The summed E-state index contributed by atoms with van der Waals surface area (Å²) in [7, 11) is 3.16. The molecule has 0 aliphatic rings. The second kappa shape index (κ2) is 5.10. The molecular formula is C13H15NO4. The Hall–Kier alpha value is -2.01. The van der Waals surface area contributed by atoms with E-state index < -0.39 is 5.97 Å². The van der Waals surface area contributed by atoms with Gasteiger partial charge >= 0.3 is 5.97 Å². The van der Waals surface area contributed by atoms with E-state index in [2.05, 4.69) is 0 Å². The predicted molar refractivity (Wildman–Crippen MR) is 67.3 cm³/mol. The fourth-order valence-electron chi connectivity index (χ4n) is 2.04. The molecule has 1 N–H and O–H groups in total. The van der Waals surface area contributed by atoms with Gasteiger partial charge in [-0.3, -0.25) is 0 Å². The maximum absolute atomic E-state index is 11.3. The quantitative estimate of drug-likeness (QED) is 0.880. The number of carboxylic acid groups (broad SMARTS) is 1. The van der Waals surface area contributed by atoms with Gasteiger partial charge < -0.3 is 19.1 Å². The van der Waals surface area contributed by atoms with Gasteiger partial charge in [-0.1, -0.05) is 6.07 Å². The highest BCUT2D eigenvalue weighted by Gasteiger charge is 2.16. The molecule has 2 rings (SSSR count). The monoisotopic (exact) mass is 249 g/mol. The molecule has 0 saturated carbocycles. The Morgan fingerprint density at radius 1 is 1.39 bits per heavy atom. The zero-order chi connectivity index (χ0) is 13.1. The molecule has 0 unspecified atom stereocenters. The molecule has 2 aromatic rings. The zero-order valence-corrected chi connectivity index (χ0v) is 10.3. The first-order valence-corrected chi connectivity index (χ1v) is 5.57. The Kier molecular flexibility index (Phi) is 3.53. The summed E-state index contributed by atoms with van der Waals surface area (Å²) in [6, 6.07) is 7.16. The maximum Gasteiger partial charge on any atom is 0.352 e. The molecule has 0 aliphatic carbocycles. The topological polar surface area (TPSA) is 60.7 Å². The lowest BCUT2D eigenvalue weighted by molar-refractivity contribution is 0.0683. The first-order chi connectivity index (χ1) is 8.69. The molecule has 0 spiro atoms. The van der Waals surface area contributed by atoms with Crippen LogP contribution in [0.3, 0.4) is 0 Å². The van der Waals surface area contributed by atoms with Crippen molar-refractivity contribution in [2.45, 2.75) is 6.54 Å². The lowest BCUT2D eigenvalue weighted by Gasteiger charge is -2.08. The summed E-state index contributed by atoms with van der Waals surface area (Å²) in [5.74, 6) is -0.282. The highest BCUT2D eigenvalue weighted by Crippen LogP contribution is 2.28.